The minimum atomic E-state index is -2.92. The predicted molar refractivity (Wildman–Crippen MR) is 103 cm³/mol. The van der Waals surface area contributed by atoms with E-state index in [1.54, 1.807) is 13.2 Å². The molecule has 0 atom stereocenters. The van der Waals surface area contributed by atoms with E-state index in [0.717, 1.165) is 11.3 Å². The Hall–Kier alpha value is -2.94. The molecule has 0 aliphatic heterocycles. The molecule has 0 saturated heterocycles. The molecule has 0 radical (unpaired) electrons. The monoisotopic (exact) mass is 395 g/mol. The van der Waals surface area contributed by atoms with Crippen molar-refractivity contribution in [3.63, 3.8) is 0 Å². The molecule has 144 valence electrons. The molecule has 2 aromatic rings. The standard InChI is InChI=1S/C18H19F2N3O3S/c1-24-14-6-3-12(4-7-14)10-21-18(27)23-22-11-13-5-8-15(26-17(19)20)16(9-13)25-2/h3-9,11,17H,10H2,1-2H3,(H2,21,23,27)/b22-11-. The van der Waals surface area contributed by atoms with Crippen LogP contribution in [0.1, 0.15) is 11.1 Å². The molecular formula is C18H19F2N3O3S. The Kier molecular flexibility index (Phi) is 7.75. The van der Waals surface area contributed by atoms with E-state index >= 15 is 0 Å². The number of hydrogen-bond acceptors (Lipinski definition) is 5. The van der Waals surface area contributed by atoms with E-state index in [0.29, 0.717) is 17.2 Å². The molecule has 0 spiro atoms. The second kappa shape index (κ2) is 10.3. The molecule has 9 heteroatoms. The third-order valence-electron chi connectivity index (χ3n) is 3.40. The van der Waals surface area contributed by atoms with Crippen LogP contribution in [0.4, 0.5) is 8.78 Å². The van der Waals surface area contributed by atoms with Gasteiger partial charge in [-0.15, -0.1) is 0 Å². The zero-order valence-electron chi connectivity index (χ0n) is 14.7. The van der Waals surface area contributed by atoms with Gasteiger partial charge in [-0.2, -0.15) is 13.9 Å². The summed E-state index contributed by atoms with van der Waals surface area (Å²) in [4.78, 5) is 0. The van der Waals surface area contributed by atoms with Gasteiger partial charge < -0.3 is 19.5 Å². The highest BCUT2D eigenvalue weighted by molar-refractivity contribution is 7.80. The fourth-order valence-corrected chi connectivity index (χ4v) is 2.21. The molecule has 2 aromatic carbocycles. The van der Waals surface area contributed by atoms with Crippen LogP contribution in [0.3, 0.4) is 0 Å². The first-order valence-corrected chi connectivity index (χ1v) is 8.25. The van der Waals surface area contributed by atoms with Crippen LogP contribution in [-0.2, 0) is 6.54 Å². The van der Waals surface area contributed by atoms with Crippen molar-refractivity contribution in [2.75, 3.05) is 14.2 Å². The van der Waals surface area contributed by atoms with Gasteiger partial charge in [-0.25, -0.2) is 0 Å². The summed E-state index contributed by atoms with van der Waals surface area (Å²) >= 11 is 5.15. The minimum Gasteiger partial charge on any atom is -0.497 e. The number of nitrogens with one attached hydrogen (secondary N) is 2. The van der Waals surface area contributed by atoms with Crippen LogP contribution in [0.15, 0.2) is 47.6 Å². The van der Waals surface area contributed by atoms with Gasteiger partial charge in [0.15, 0.2) is 16.6 Å². The summed E-state index contributed by atoms with van der Waals surface area (Å²) in [6, 6.07) is 12.0. The number of hydrazone groups is 1. The zero-order chi connectivity index (χ0) is 19.6. The zero-order valence-corrected chi connectivity index (χ0v) is 15.6. The van der Waals surface area contributed by atoms with Crippen LogP contribution in [-0.4, -0.2) is 32.2 Å². The number of halogens is 2. The van der Waals surface area contributed by atoms with Gasteiger partial charge in [0.2, 0.25) is 0 Å². The van der Waals surface area contributed by atoms with E-state index in [-0.39, 0.29) is 11.5 Å². The summed E-state index contributed by atoms with van der Waals surface area (Å²) < 4.78 is 39.1. The average Bonchev–Trinajstić information content (AvgIpc) is 2.67. The van der Waals surface area contributed by atoms with Crippen LogP contribution in [0.5, 0.6) is 17.2 Å². The fourth-order valence-electron chi connectivity index (χ4n) is 2.09. The van der Waals surface area contributed by atoms with Crippen molar-refractivity contribution in [1.29, 1.82) is 0 Å². The van der Waals surface area contributed by atoms with Gasteiger partial charge in [-0.05, 0) is 53.7 Å². The molecule has 0 unspecified atom stereocenters. The van der Waals surface area contributed by atoms with Gasteiger partial charge in [0.1, 0.15) is 5.75 Å². The number of rotatable bonds is 8. The van der Waals surface area contributed by atoms with Crippen molar-refractivity contribution in [3.05, 3.63) is 53.6 Å². The highest BCUT2D eigenvalue weighted by Gasteiger charge is 2.10. The van der Waals surface area contributed by atoms with Gasteiger partial charge in [-0.1, -0.05) is 12.1 Å². The molecule has 0 saturated carbocycles. The average molecular weight is 395 g/mol. The molecule has 0 fully saturated rings. The first kappa shape index (κ1) is 20.4. The van der Waals surface area contributed by atoms with Crippen molar-refractivity contribution < 1.29 is 23.0 Å². The highest BCUT2D eigenvalue weighted by atomic mass is 32.1. The number of hydrogen-bond donors (Lipinski definition) is 2. The number of methoxy groups -OCH3 is 2. The first-order chi connectivity index (χ1) is 13.0. The number of benzene rings is 2. The number of nitrogens with zero attached hydrogens (tertiary/aromatic N) is 1. The van der Waals surface area contributed by atoms with Gasteiger partial charge >= 0.3 is 6.61 Å². The number of alkyl halides is 2. The normalized spacial score (nSPS) is 10.7. The Morgan fingerprint density at radius 3 is 2.48 bits per heavy atom. The Morgan fingerprint density at radius 1 is 1.11 bits per heavy atom. The van der Waals surface area contributed by atoms with Crippen molar-refractivity contribution in [1.82, 2.24) is 10.7 Å². The molecule has 0 aliphatic carbocycles. The van der Waals surface area contributed by atoms with Crippen LogP contribution in [0, 0.1) is 0 Å². The maximum Gasteiger partial charge on any atom is 0.387 e. The van der Waals surface area contributed by atoms with E-state index in [9.17, 15) is 8.78 Å². The molecule has 0 heterocycles. The van der Waals surface area contributed by atoms with Crippen molar-refractivity contribution in [3.8, 4) is 17.2 Å². The fraction of sp³-hybridized carbons (Fsp3) is 0.222. The highest BCUT2D eigenvalue weighted by Crippen LogP contribution is 2.28. The van der Waals surface area contributed by atoms with E-state index in [1.807, 2.05) is 24.3 Å². The van der Waals surface area contributed by atoms with Gasteiger partial charge in [0.25, 0.3) is 0 Å². The first-order valence-electron chi connectivity index (χ1n) is 7.84. The molecule has 0 bridgehead atoms. The third kappa shape index (κ3) is 6.70. The number of ether oxygens (including phenoxy) is 3. The topological polar surface area (TPSA) is 64.1 Å². The second-order valence-corrected chi connectivity index (χ2v) is 5.60. The predicted octanol–water partition coefficient (Wildman–Crippen LogP) is 3.30. The molecule has 0 aromatic heterocycles. The largest absolute Gasteiger partial charge is 0.497 e. The van der Waals surface area contributed by atoms with Crippen molar-refractivity contribution in [2.24, 2.45) is 5.10 Å². The quantitative estimate of drug-likeness (QED) is 0.406. The van der Waals surface area contributed by atoms with E-state index in [2.05, 4.69) is 20.6 Å². The van der Waals surface area contributed by atoms with Crippen molar-refractivity contribution >= 4 is 23.5 Å². The second-order valence-electron chi connectivity index (χ2n) is 5.19. The molecule has 2 N–H and O–H groups in total. The van der Waals surface area contributed by atoms with E-state index in [4.69, 9.17) is 21.7 Å². The van der Waals surface area contributed by atoms with Crippen LogP contribution in [0.2, 0.25) is 0 Å². The lowest BCUT2D eigenvalue weighted by Crippen LogP contribution is -2.31. The summed E-state index contributed by atoms with van der Waals surface area (Å²) in [5.41, 5.74) is 4.34. The summed E-state index contributed by atoms with van der Waals surface area (Å²) in [6.45, 7) is -2.40. The third-order valence-corrected chi connectivity index (χ3v) is 3.63. The lowest BCUT2D eigenvalue weighted by molar-refractivity contribution is -0.0512. The molecule has 0 amide bonds. The maximum atomic E-state index is 12.3. The number of thiocarbonyl (C=S) groups is 1. The Labute approximate surface area is 161 Å². The lowest BCUT2D eigenvalue weighted by atomic mass is 10.2. The molecular weight excluding hydrogens is 376 g/mol. The SMILES string of the molecule is COc1ccc(CNC(=S)N/N=C\c2ccc(OC(F)F)c(OC)c2)cc1. The van der Waals surface area contributed by atoms with Gasteiger partial charge in [0, 0.05) is 6.54 Å². The molecule has 0 aliphatic rings. The van der Waals surface area contributed by atoms with Crippen molar-refractivity contribution in [2.45, 2.75) is 13.2 Å². The maximum absolute atomic E-state index is 12.3. The molecule has 27 heavy (non-hydrogen) atoms. The molecule has 6 nitrogen and oxygen atoms in total. The van der Waals surface area contributed by atoms with Gasteiger partial charge in [-0.3, -0.25) is 5.43 Å². The summed E-state index contributed by atoms with van der Waals surface area (Å²) in [6.07, 6.45) is 1.48. The Morgan fingerprint density at radius 2 is 1.85 bits per heavy atom. The minimum absolute atomic E-state index is 0.0470. The summed E-state index contributed by atoms with van der Waals surface area (Å²) in [5, 5.41) is 7.36. The van der Waals surface area contributed by atoms with Crippen LogP contribution in [0.25, 0.3) is 0 Å². The Bertz CT molecular complexity index is 786. The van der Waals surface area contributed by atoms with Gasteiger partial charge in [0.05, 0.1) is 20.4 Å². The Balaban J connectivity index is 1.85. The van der Waals surface area contributed by atoms with Crippen LogP contribution >= 0.6 is 12.2 Å². The van der Waals surface area contributed by atoms with E-state index in [1.165, 1.54) is 25.5 Å². The molecule has 2 rings (SSSR count). The summed E-state index contributed by atoms with van der Waals surface area (Å²) in [5.74, 6) is 0.915. The van der Waals surface area contributed by atoms with Crippen LogP contribution < -0.4 is 25.0 Å². The smallest absolute Gasteiger partial charge is 0.387 e. The van der Waals surface area contributed by atoms with E-state index < -0.39 is 6.61 Å². The lowest BCUT2D eigenvalue weighted by Gasteiger charge is -2.10. The summed E-state index contributed by atoms with van der Waals surface area (Å²) in [7, 11) is 2.98.